The number of allylic oxidation sites excluding steroid dienone is 3. The van der Waals surface area contributed by atoms with E-state index in [0.29, 0.717) is 6.54 Å². The SMILES string of the molecule is C=CC1=C(/C(=C\C)c2ccncc2)OC(CNC(=O)c2csc3c2CCCC3)C1. The molecule has 1 aliphatic heterocycles. The number of hydrogen-bond acceptors (Lipinski definition) is 4. The summed E-state index contributed by atoms with van der Waals surface area (Å²) in [6.07, 6.45) is 12.6. The number of rotatable bonds is 6. The predicted molar refractivity (Wildman–Crippen MR) is 118 cm³/mol. The van der Waals surface area contributed by atoms with Gasteiger partial charge in [0.1, 0.15) is 11.9 Å². The third-order valence-electron chi connectivity index (χ3n) is 5.59. The first-order valence-electron chi connectivity index (χ1n) is 10.2. The van der Waals surface area contributed by atoms with E-state index in [1.807, 2.05) is 36.6 Å². The minimum Gasteiger partial charge on any atom is -0.487 e. The smallest absolute Gasteiger partial charge is 0.252 e. The molecule has 1 amide bonds. The molecule has 1 atom stereocenters. The fourth-order valence-electron chi connectivity index (χ4n) is 4.09. The lowest BCUT2D eigenvalue weighted by atomic mass is 9.95. The normalized spacial score (nSPS) is 18.9. The molecule has 2 aliphatic rings. The molecule has 1 unspecified atom stereocenters. The maximum absolute atomic E-state index is 12.8. The number of aromatic nitrogens is 1. The molecule has 0 saturated carbocycles. The third-order valence-corrected chi connectivity index (χ3v) is 6.68. The van der Waals surface area contributed by atoms with Crippen molar-refractivity contribution in [2.75, 3.05) is 6.54 Å². The van der Waals surface area contributed by atoms with Crippen LogP contribution in [0.1, 0.15) is 52.5 Å². The zero-order chi connectivity index (χ0) is 20.2. The van der Waals surface area contributed by atoms with Gasteiger partial charge in [-0.25, -0.2) is 0 Å². The van der Waals surface area contributed by atoms with Crippen molar-refractivity contribution in [1.29, 1.82) is 0 Å². The Labute approximate surface area is 176 Å². The molecule has 4 nitrogen and oxygen atoms in total. The number of amides is 1. The topological polar surface area (TPSA) is 51.2 Å². The van der Waals surface area contributed by atoms with Crippen molar-refractivity contribution in [1.82, 2.24) is 10.3 Å². The minimum absolute atomic E-state index is 0.0157. The van der Waals surface area contributed by atoms with E-state index in [9.17, 15) is 4.79 Å². The Kier molecular flexibility index (Phi) is 5.95. The molecule has 1 N–H and O–H groups in total. The van der Waals surface area contributed by atoms with Crippen LogP contribution < -0.4 is 5.32 Å². The van der Waals surface area contributed by atoms with Crippen molar-refractivity contribution in [2.24, 2.45) is 0 Å². The molecular weight excluding hydrogens is 380 g/mol. The highest BCUT2D eigenvalue weighted by molar-refractivity contribution is 7.10. The summed E-state index contributed by atoms with van der Waals surface area (Å²) in [5, 5.41) is 5.11. The molecule has 4 rings (SSSR count). The number of fused-ring (bicyclic) bond motifs is 1. The molecule has 2 aromatic rings. The molecular formula is C24H26N2O2S. The van der Waals surface area contributed by atoms with Crippen molar-refractivity contribution in [3.63, 3.8) is 0 Å². The monoisotopic (exact) mass is 406 g/mol. The van der Waals surface area contributed by atoms with Gasteiger partial charge in [-0.3, -0.25) is 9.78 Å². The Hall–Kier alpha value is -2.66. The second kappa shape index (κ2) is 8.78. The van der Waals surface area contributed by atoms with E-state index in [2.05, 4.69) is 16.9 Å². The highest BCUT2D eigenvalue weighted by Gasteiger charge is 2.28. The summed E-state index contributed by atoms with van der Waals surface area (Å²) >= 11 is 1.72. The molecule has 0 spiro atoms. The maximum atomic E-state index is 12.8. The Morgan fingerprint density at radius 3 is 2.90 bits per heavy atom. The second-order valence-electron chi connectivity index (χ2n) is 7.41. The number of thiophene rings is 1. The van der Waals surface area contributed by atoms with Gasteiger partial charge in [0.05, 0.1) is 12.1 Å². The van der Waals surface area contributed by atoms with Crippen LogP contribution in [0.2, 0.25) is 0 Å². The van der Waals surface area contributed by atoms with Gasteiger partial charge in [0, 0.05) is 34.6 Å². The van der Waals surface area contributed by atoms with Crippen LogP contribution in [0.3, 0.4) is 0 Å². The summed E-state index contributed by atoms with van der Waals surface area (Å²) < 4.78 is 6.26. The van der Waals surface area contributed by atoms with Gasteiger partial charge in [-0.15, -0.1) is 11.3 Å². The van der Waals surface area contributed by atoms with Gasteiger partial charge in [-0.1, -0.05) is 18.7 Å². The van der Waals surface area contributed by atoms with Gasteiger partial charge in [0.25, 0.3) is 5.91 Å². The Balaban J connectivity index is 1.42. The fraction of sp³-hybridized carbons (Fsp3) is 0.333. The lowest BCUT2D eigenvalue weighted by Gasteiger charge is -2.17. The molecule has 0 radical (unpaired) electrons. The Morgan fingerprint density at radius 2 is 2.14 bits per heavy atom. The molecule has 1 aliphatic carbocycles. The van der Waals surface area contributed by atoms with Crippen molar-refractivity contribution in [3.8, 4) is 0 Å². The summed E-state index contributed by atoms with van der Waals surface area (Å²) in [5.74, 6) is 0.864. The van der Waals surface area contributed by atoms with Crippen LogP contribution in [0, 0.1) is 0 Å². The number of ether oxygens (including phenoxy) is 1. The van der Waals surface area contributed by atoms with Crippen molar-refractivity contribution in [3.05, 3.63) is 81.5 Å². The van der Waals surface area contributed by atoms with Gasteiger partial charge in [-0.2, -0.15) is 0 Å². The van der Waals surface area contributed by atoms with Crippen LogP contribution in [-0.2, 0) is 17.6 Å². The van der Waals surface area contributed by atoms with Crippen molar-refractivity contribution >= 4 is 22.8 Å². The highest BCUT2D eigenvalue weighted by Crippen LogP contribution is 2.35. The van der Waals surface area contributed by atoms with Crippen LogP contribution in [0.15, 0.2) is 60.0 Å². The summed E-state index contributed by atoms with van der Waals surface area (Å²) in [6.45, 7) is 6.44. The Morgan fingerprint density at radius 1 is 1.34 bits per heavy atom. The number of carbonyl (C=O) groups excluding carboxylic acids is 1. The number of hydrogen-bond donors (Lipinski definition) is 1. The molecule has 0 saturated heterocycles. The van der Waals surface area contributed by atoms with E-state index in [1.54, 1.807) is 23.7 Å². The first kappa shape index (κ1) is 19.6. The number of aryl methyl sites for hydroxylation is 1. The van der Waals surface area contributed by atoms with E-state index in [1.165, 1.54) is 23.3 Å². The zero-order valence-electron chi connectivity index (χ0n) is 16.7. The van der Waals surface area contributed by atoms with Gasteiger partial charge < -0.3 is 10.1 Å². The van der Waals surface area contributed by atoms with E-state index in [0.717, 1.165) is 47.3 Å². The highest BCUT2D eigenvalue weighted by atomic mass is 32.1. The van der Waals surface area contributed by atoms with Crippen LogP contribution in [0.4, 0.5) is 0 Å². The van der Waals surface area contributed by atoms with Gasteiger partial charge in [-0.05, 0) is 61.4 Å². The van der Waals surface area contributed by atoms with E-state index in [-0.39, 0.29) is 12.0 Å². The number of nitrogens with one attached hydrogen (secondary N) is 1. The molecule has 3 heterocycles. The fourth-order valence-corrected chi connectivity index (χ4v) is 5.22. The summed E-state index contributed by atoms with van der Waals surface area (Å²) in [4.78, 5) is 18.2. The zero-order valence-corrected chi connectivity index (χ0v) is 17.6. The summed E-state index contributed by atoms with van der Waals surface area (Å²) in [6, 6.07) is 3.95. The van der Waals surface area contributed by atoms with Crippen LogP contribution in [-0.4, -0.2) is 23.5 Å². The average molecular weight is 407 g/mol. The lowest BCUT2D eigenvalue weighted by molar-refractivity contribution is 0.0909. The molecule has 0 aromatic carbocycles. The van der Waals surface area contributed by atoms with E-state index < -0.39 is 0 Å². The minimum atomic E-state index is -0.0896. The third kappa shape index (κ3) is 4.06. The Bertz CT molecular complexity index is 972. The number of carbonyl (C=O) groups is 1. The standard InChI is InChI=1S/C24H26N2O2S/c1-3-16-13-18(28-23(16)19(4-2)17-9-11-25-12-10-17)14-26-24(27)21-15-29-22-8-6-5-7-20(21)22/h3-4,9-12,15,18H,1,5-8,13-14H2,2H3,(H,26,27)/b19-4-. The predicted octanol–water partition coefficient (Wildman–Crippen LogP) is 5.08. The van der Waals surface area contributed by atoms with Gasteiger partial charge in [0.2, 0.25) is 0 Å². The quantitative estimate of drug-likeness (QED) is 0.727. The molecule has 0 fully saturated rings. The van der Waals surface area contributed by atoms with Crippen molar-refractivity contribution in [2.45, 2.75) is 45.1 Å². The second-order valence-corrected chi connectivity index (χ2v) is 8.37. The van der Waals surface area contributed by atoms with E-state index >= 15 is 0 Å². The molecule has 150 valence electrons. The lowest BCUT2D eigenvalue weighted by Crippen LogP contribution is -2.32. The van der Waals surface area contributed by atoms with Crippen LogP contribution in [0.25, 0.3) is 5.57 Å². The first-order chi connectivity index (χ1) is 14.2. The average Bonchev–Trinajstić information content (AvgIpc) is 3.38. The van der Waals surface area contributed by atoms with E-state index in [4.69, 9.17) is 4.74 Å². The molecule has 0 bridgehead atoms. The summed E-state index contributed by atoms with van der Waals surface area (Å²) in [5.41, 5.74) is 5.27. The molecule has 5 heteroatoms. The van der Waals surface area contributed by atoms with Crippen LogP contribution in [0.5, 0.6) is 0 Å². The maximum Gasteiger partial charge on any atom is 0.252 e. The summed E-state index contributed by atoms with van der Waals surface area (Å²) in [7, 11) is 0. The van der Waals surface area contributed by atoms with Crippen LogP contribution >= 0.6 is 11.3 Å². The molecule has 2 aromatic heterocycles. The first-order valence-corrected chi connectivity index (χ1v) is 11.1. The van der Waals surface area contributed by atoms with Gasteiger partial charge in [0.15, 0.2) is 0 Å². The largest absolute Gasteiger partial charge is 0.487 e. The number of nitrogens with zero attached hydrogens (tertiary/aromatic N) is 1. The molecule has 29 heavy (non-hydrogen) atoms. The van der Waals surface area contributed by atoms with Gasteiger partial charge >= 0.3 is 0 Å². The number of pyridine rings is 1. The van der Waals surface area contributed by atoms with Crippen molar-refractivity contribution < 1.29 is 9.53 Å².